The van der Waals surface area contributed by atoms with Gasteiger partial charge in [0.25, 0.3) is 0 Å². The predicted octanol–water partition coefficient (Wildman–Crippen LogP) is 17.0. The monoisotopic (exact) mass is 1100 g/mol. The summed E-state index contributed by atoms with van der Waals surface area (Å²) >= 11 is 1.91. The van der Waals surface area contributed by atoms with Gasteiger partial charge < -0.3 is 19.6 Å². The van der Waals surface area contributed by atoms with E-state index in [-0.39, 0.29) is 13.4 Å². The molecule has 13 aromatic carbocycles. The van der Waals surface area contributed by atoms with E-state index in [0.717, 1.165) is 56.9 Å². The normalized spacial score (nSPS) is 12.6. The van der Waals surface area contributed by atoms with Crippen molar-refractivity contribution in [2.45, 2.75) is 9.79 Å². The van der Waals surface area contributed by atoms with Crippen LogP contribution in [-0.2, 0) is 0 Å². The largest absolute Gasteiger partial charge is 0.311 e. The van der Waals surface area contributed by atoms with Crippen molar-refractivity contribution in [1.29, 1.82) is 0 Å². The first-order valence-corrected chi connectivity index (χ1v) is 30.0. The molecular formula is C78H54B2N4S. The Kier molecular flexibility index (Phi) is 12.6. The molecule has 0 spiro atoms. The van der Waals surface area contributed by atoms with Gasteiger partial charge in [0.05, 0.1) is 0 Å². The highest BCUT2D eigenvalue weighted by Gasteiger charge is 2.45. The van der Waals surface area contributed by atoms with Gasteiger partial charge in [0.15, 0.2) is 0 Å². The minimum atomic E-state index is -0.212. The van der Waals surface area contributed by atoms with Crippen molar-refractivity contribution in [3.05, 3.63) is 328 Å². The molecule has 3 aliphatic heterocycles. The minimum absolute atomic E-state index is 0.0866. The highest BCUT2D eigenvalue weighted by molar-refractivity contribution is 8.00. The van der Waals surface area contributed by atoms with Gasteiger partial charge in [-0.2, -0.15) is 0 Å². The summed E-state index contributed by atoms with van der Waals surface area (Å²) in [4.78, 5) is 12.4. The zero-order valence-corrected chi connectivity index (χ0v) is 47.3. The molecule has 7 heteroatoms. The van der Waals surface area contributed by atoms with E-state index in [2.05, 4.69) is 347 Å². The average Bonchev–Trinajstić information content (AvgIpc) is 1.06. The Hall–Kier alpha value is -10.5. The van der Waals surface area contributed by atoms with Crippen molar-refractivity contribution in [3.8, 4) is 22.3 Å². The number of para-hydroxylation sites is 7. The predicted molar refractivity (Wildman–Crippen MR) is 362 cm³/mol. The summed E-state index contributed by atoms with van der Waals surface area (Å²) in [6.45, 7) is -0.299. The Morgan fingerprint density at radius 1 is 0.247 bits per heavy atom. The molecule has 0 bridgehead atoms. The lowest BCUT2D eigenvalue weighted by Gasteiger charge is -2.43. The molecule has 0 unspecified atom stereocenters. The Morgan fingerprint density at radius 2 is 0.659 bits per heavy atom. The SMILES string of the molecule is c1ccc(-c2cccc(-c3ccccc3)c2B2c3ccc(N(c4ccccc4)c4ccccc4)cc3N(c3ccccc3)c3cc4c(cc32)B2c3ccccc3N(c3ccccc3)c3cc(N(c5ccccc5)c5ccccc5)cc(c32)S4)cc1. The lowest BCUT2D eigenvalue weighted by molar-refractivity contribution is 1.23. The van der Waals surface area contributed by atoms with Gasteiger partial charge >= 0.3 is 0 Å². The number of hydrogen-bond acceptors (Lipinski definition) is 5. The standard InChI is InChI=1S/C78H54B2N4S/c1-9-28-55(29-10-1)65-44-27-45-66(56-30-11-2-12-31-56)77(65)79-68-49-48-63(81(57-32-13-3-14-33-57)58-34-15-4-16-35-58)50-72(68)84(62-42-23-8-24-43-62)73-54-75-70(53-69(73)79)80-67-46-25-26-47-71(67)83(61-40-21-7-22-41-61)74-51-64(52-76(85-75)78(74)80)82(59-36-17-5-18-37-59)60-38-19-6-20-39-60/h1-54H. The molecule has 0 aromatic heterocycles. The van der Waals surface area contributed by atoms with E-state index < -0.39 is 0 Å². The molecule has 398 valence electrons. The summed E-state index contributed by atoms with van der Waals surface area (Å²) in [6.07, 6.45) is 0. The van der Waals surface area contributed by atoms with E-state index in [0.29, 0.717) is 0 Å². The van der Waals surface area contributed by atoms with Crippen molar-refractivity contribution in [3.63, 3.8) is 0 Å². The smallest absolute Gasteiger partial charge is 0.249 e. The fourth-order valence-corrected chi connectivity index (χ4v) is 14.8. The van der Waals surface area contributed by atoms with Gasteiger partial charge in [-0.15, -0.1) is 0 Å². The van der Waals surface area contributed by atoms with Crippen LogP contribution < -0.4 is 52.4 Å². The summed E-state index contributed by atoms with van der Waals surface area (Å²) in [5, 5.41) is 0. The van der Waals surface area contributed by atoms with Gasteiger partial charge in [0.2, 0.25) is 13.4 Å². The van der Waals surface area contributed by atoms with Gasteiger partial charge in [-0.3, -0.25) is 0 Å². The van der Waals surface area contributed by atoms with Gasteiger partial charge in [-0.25, -0.2) is 0 Å². The number of anilines is 12. The molecule has 3 aliphatic rings. The van der Waals surface area contributed by atoms with Gasteiger partial charge in [0.1, 0.15) is 0 Å². The molecule has 85 heavy (non-hydrogen) atoms. The van der Waals surface area contributed by atoms with Crippen LogP contribution in [0.2, 0.25) is 0 Å². The first-order valence-electron chi connectivity index (χ1n) is 29.2. The second-order valence-electron chi connectivity index (χ2n) is 21.9. The Balaban J connectivity index is 1.00. The van der Waals surface area contributed by atoms with E-state index >= 15 is 0 Å². The van der Waals surface area contributed by atoms with Crippen molar-refractivity contribution in [2.75, 3.05) is 19.6 Å². The number of benzene rings is 13. The zero-order chi connectivity index (χ0) is 56.2. The van der Waals surface area contributed by atoms with Crippen LogP contribution >= 0.6 is 11.8 Å². The fraction of sp³-hybridized carbons (Fsp3) is 0. The van der Waals surface area contributed by atoms with E-state index in [4.69, 9.17) is 0 Å². The van der Waals surface area contributed by atoms with Crippen molar-refractivity contribution in [1.82, 2.24) is 0 Å². The maximum Gasteiger partial charge on any atom is 0.249 e. The molecule has 0 atom stereocenters. The quantitative estimate of drug-likeness (QED) is 0.119. The minimum Gasteiger partial charge on any atom is -0.311 e. The third-order valence-electron chi connectivity index (χ3n) is 17.1. The summed E-state index contributed by atoms with van der Waals surface area (Å²) in [6, 6.07) is 121. The van der Waals surface area contributed by atoms with Crippen LogP contribution in [0.3, 0.4) is 0 Å². The van der Waals surface area contributed by atoms with E-state index in [9.17, 15) is 0 Å². The van der Waals surface area contributed by atoms with Gasteiger partial charge in [-0.05, 0) is 153 Å². The van der Waals surface area contributed by atoms with E-state index in [1.165, 1.54) is 76.2 Å². The number of hydrogen-bond donors (Lipinski definition) is 0. The van der Waals surface area contributed by atoms with Crippen LogP contribution in [0.4, 0.5) is 68.2 Å². The lowest BCUT2D eigenvalue weighted by atomic mass is 9.31. The van der Waals surface area contributed by atoms with Crippen molar-refractivity contribution in [2.24, 2.45) is 0 Å². The molecule has 0 amide bonds. The Bertz CT molecular complexity index is 4440. The van der Waals surface area contributed by atoms with Crippen LogP contribution in [0.5, 0.6) is 0 Å². The highest BCUT2D eigenvalue weighted by Crippen LogP contribution is 2.49. The molecule has 0 saturated heterocycles. The third kappa shape index (κ3) is 8.74. The summed E-state index contributed by atoms with van der Waals surface area (Å²) < 4.78 is 0. The second kappa shape index (κ2) is 21.4. The van der Waals surface area contributed by atoms with Gasteiger partial charge in [-0.1, -0.05) is 241 Å². The number of fused-ring (bicyclic) bond motifs is 6. The molecule has 0 radical (unpaired) electrons. The Morgan fingerprint density at radius 3 is 1.19 bits per heavy atom. The first kappa shape index (κ1) is 50.3. The Labute approximate surface area is 502 Å². The zero-order valence-electron chi connectivity index (χ0n) is 46.5. The topological polar surface area (TPSA) is 13.0 Å². The maximum absolute atomic E-state index is 2.63. The highest BCUT2D eigenvalue weighted by atomic mass is 32.2. The maximum atomic E-state index is 2.63. The van der Waals surface area contributed by atoms with Crippen LogP contribution in [0.1, 0.15) is 0 Å². The van der Waals surface area contributed by atoms with Crippen molar-refractivity contribution >= 4 is 126 Å². The summed E-state index contributed by atoms with van der Waals surface area (Å²) in [5.74, 6) is 0. The second-order valence-corrected chi connectivity index (χ2v) is 23.0. The summed E-state index contributed by atoms with van der Waals surface area (Å²) in [7, 11) is 0. The summed E-state index contributed by atoms with van der Waals surface area (Å²) in [5.41, 5.74) is 25.9. The first-order chi connectivity index (χ1) is 42.2. The van der Waals surface area contributed by atoms with Crippen LogP contribution in [0.25, 0.3) is 22.3 Å². The molecule has 0 fully saturated rings. The molecule has 16 rings (SSSR count). The molecule has 4 nitrogen and oxygen atoms in total. The van der Waals surface area contributed by atoms with Crippen LogP contribution in [0, 0.1) is 0 Å². The van der Waals surface area contributed by atoms with E-state index in [1.807, 2.05) is 11.8 Å². The van der Waals surface area contributed by atoms with Crippen LogP contribution in [0.15, 0.2) is 337 Å². The van der Waals surface area contributed by atoms with Crippen LogP contribution in [-0.4, -0.2) is 13.4 Å². The third-order valence-corrected chi connectivity index (χ3v) is 18.2. The molecule has 3 heterocycles. The molecule has 0 aliphatic carbocycles. The fourth-order valence-electron chi connectivity index (χ4n) is 13.5. The lowest BCUT2D eigenvalue weighted by Crippen LogP contribution is -2.63. The molecule has 13 aromatic rings. The van der Waals surface area contributed by atoms with E-state index in [1.54, 1.807) is 0 Å². The van der Waals surface area contributed by atoms with Crippen molar-refractivity contribution < 1.29 is 0 Å². The number of nitrogens with zero attached hydrogens (tertiary/aromatic N) is 4. The molecular weight excluding hydrogens is 1050 g/mol. The molecule has 0 saturated carbocycles. The molecule has 0 N–H and O–H groups in total. The van der Waals surface area contributed by atoms with Gasteiger partial charge in [0, 0.05) is 78.0 Å². The number of rotatable bonds is 11. The average molecular weight is 1100 g/mol.